The van der Waals surface area contributed by atoms with Crippen LogP contribution in [0.5, 0.6) is 0 Å². The van der Waals surface area contributed by atoms with Gasteiger partial charge in [-0.05, 0) is 18.6 Å². The van der Waals surface area contributed by atoms with Crippen LogP contribution in [-0.2, 0) is 5.60 Å². The molecule has 2 rings (SSSR count). The highest BCUT2D eigenvalue weighted by molar-refractivity contribution is 5.21. The van der Waals surface area contributed by atoms with E-state index in [1.54, 1.807) is 0 Å². The summed E-state index contributed by atoms with van der Waals surface area (Å²) in [5.41, 5.74) is -1.10. The van der Waals surface area contributed by atoms with Gasteiger partial charge >= 0.3 is 0 Å². The topological polar surface area (TPSA) is 46.0 Å². The van der Waals surface area contributed by atoms with E-state index in [-0.39, 0.29) is 12.8 Å². The van der Waals surface area contributed by atoms with Gasteiger partial charge in [0.05, 0.1) is 11.9 Å². The van der Waals surface area contributed by atoms with Gasteiger partial charge in [-0.15, -0.1) is 0 Å². The first-order valence-corrected chi connectivity index (χ1v) is 4.59. The van der Waals surface area contributed by atoms with Crippen LogP contribution in [0.25, 0.3) is 0 Å². The molecule has 0 amide bonds. The molecule has 0 fully saturated rings. The van der Waals surface area contributed by atoms with Crippen LogP contribution in [0.3, 0.4) is 0 Å². The number of alkyl halides is 2. The van der Waals surface area contributed by atoms with Gasteiger partial charge in [-0.25, -0.2) is 8.78 Å². The molecule has 0 spiro atoms. The van der Waals surface area contributed by atoms with Gasteiger partial charge < -0.3 is 5.11 Å². The maximum Gasteiger partial charge on any atom is 0.266 e. The summed E-state index contributed by atoms with van der Waals surface area (Å²) in [6, 6.07) is 0. The third kappa shape index (κ3) is 2.02. The fraction of sp³-hybridized carbons (Fsp3) is 0.400. The van der Waals surface area contributed by atoms with Gasteiger partial charge in [0.2, 0.25) is 0 Å². The summed E-state index contributed by atoms with van der Waals surface area (Å²) in [6.45, 7) is 0. The maximum absolute atomic E-state index is 12.8. The lowest BCUT2D eigenvalue weighted by Crippen LogP contribution is -2.32. The van der Waals surface area contributed by atoms with E-state index >= 15 is 0 Å². The van der Waals surface area contributed by atoms with E-state index in [1.807, 2.05) is 0 Å². The highest BCUT2D eigenvalue weighted by Gasteiger charge is 2.39. The zero-order chi connectivity index (χ0) is 10.9. The van der Waals surface area contributed by atoms with Crippen molar-refractivity contribution in [3.63, 3.8) is 0 Å². The van der Waals surface area contributed by atoms with E-state index in [4.69, 9.17) is 0 Å². The number of rotatable bonds is 1. The molecule has 80 valence electrons. The van der Waals surface area contributed by atoms with Crippen LogP contribution in [0, 0.1) is 0 Å². The van der Waals surface area contributed by atoms with E-state index in [9.17, 15) is 13.9 Å². The molecular weight excluding hydrogens is 202 g/mol. The van der Waals surface area contributed by atoms with E-state index in [0.717, 1.165) is 12.2 Å². The third-order valence-electron chi connectivity index (χ3n) is 2.45. The molecule has 1 N–H and O–H groups in total. The Labute approximate surface area is 85.5 Å². The normalized spacial score (nSPS) is 29.0. The smallest absolute Gasteiger partial charge is 0.266 e. The Kier molecular flexibility index (Phi) is 2.26. The van der Waals surface area contributed by atoms with Crippen molar-refractivity contribution in [1.29, 1.82) is 0 Å². The lowest BCUT2D eigenvalue weighted by Gasteiger charge is -2.29. The number of aromatic nitrogens is 2. The lowest BCUT2D eigenvalue weighted by molar-refractivity contribution is -0.0155. The minimum Gasteiger partial charge on any atom is -0.379 e. The average Bonchev–Trinajstić information content (AvgIpc) is 2.24. The number of aliphatic hydroxyl groups is 1. The van der Waals surface area contributed by atoms with Crippen molar-refractivity contribution in [1.82, 2.24) is 9.97 Å². The van der Waals surface area contributed by atoms with Crippen LogP contribution in [-0.4, -0.2) is 21.0 Å². The fourth-order valence-corrected chi connectivity index (χ4v) is 1.52. The first-order chi connectivity index (χ1) is 7.02. The van der Waals surface area contributed by atoms with Crippen LogP contribution >= 0.6 is 0 Å². The van der Waals surface area contributed by atoms with Gasteiger partial charge in [0, 0.05) is 18.8 Å². The van der Waals surface area contributed by atoms with Gasteiger partial charge in [-0.2, -0.15) is 0 Å². The second-order valence-corrected chi connectivity index (χ2v) is 3.61. The third-order valence-corrected chi connectivity index (χ3v) is 2.45. The first-order valence-electron chi connectivity index (χ1n) is 4.59. The van der Waals surface area contributed by atoms with Crippen molar-refractivity contribution in [2.45, 2.75) is 24.4 Å². The molecule has 0 radical (unpaired) electrons. The zero-order valence-corrected chi connectivity index (χ0v) is 7.90. The molecule has 3 nitrogen and oxygen atoms in total. The molecule has 1 atom stereocenters. The van der Waals surface area contributed by atoms with Gasteiger partial charge in [0.25, 0.3) is 5.92 Å². The molecule has 1 heterocycles. The summed E-state index contributed by atoms with van der Waals surface area (Å²) < 4.78 is 25.7. The molecule has 0 saturated carbocycles. The minimum atomic E-state index is -2.82. The Morgan fingerprint density at radius 2 is 2.00 bits per heavy atom. The Balaban J connectivity index is 2.31. The average molecular weight is 212 g/mol. The highest BCUT2D eigenvalue weighted by Crippen LogP contribution is 2.37. The van der Waals surface area contributed by atoms with Crippen molar-refractivity contribution in [2.24, 2.45) is 0 Å². The van der Waals surface area contributed by atoms with E-state index in [1.165, 1.54) is 18.6 Å². The van der Waals surface area contributed by atoms with Gasteiger partial charge in [-0.1, -0.05) is 0 Å². The number of nitrogens with zero attached hydrogens (tertiary/aromatic N) is 2. The minimum absolute atomic E-state index is 0.0464. The number of allylic oxidation sites excluding steroid dienone is 1. The summed E-state index contributed by atoms with van der Waals surface area (Å²) in [5.74, 6) is -2.82. The SMILES string of the molecule is OC1(c2cnccn2)C=CC(F)(F)CC1. The fourth-order valence-electron chi connectivity index (χ4n) is 1.52. The molecule has 1 unspecified atom stereocenters. The number of hydrogen-bond acceptors (Lipinski definition) is 3. The first kappa shape index (κ1) is 10.2. The van der Waals surface area contributed by atoms with Crippen molar-refractivity contribution in [3.8, 4) is 0 Å². The lowest BCUT2D eigenvalue weighted by atomic mass is 9.87. The van der Waals surface area contributed by atoms with Crippen molar-refractivity contribution in [3.05, 3.63) is 36.4 Å². The Morgan fingerprint density at radius 1 is 1.20 bits per heavy atom. The van der Waals surface area contributed by atoms with Gasteiger partial charge in [-0.3, -0.25) is 9.97 Å². The van der Waals surface area contributed by atoms with Crippen LogP contribution < -0.4 is 0 Å². The van der Waals surface area contributed by atoms with E-state index in [2.05, 4.69) is 9.97 Å². The predicted octanol–water partition coefficient (Wildman–Crippen LogP) is 1.65. The molecule has 5 heteroatoms. The molecule has 0 bridgehead atoms. The molecule has 1 aliphatic carbocycles. The molecule has 0 aliphatic heterocycles. The molecule has 1 aromatic rings. The standard InChI is InChI=1S/C10H10F2N2O/c11-10(12)3-1-9(15,2-4-10)8-7-13-5-6-14-8/h1,3,5-7,15H,2,4H2. The Bertz CT molecular complexity index is 380. The van der Waals surface area contributed by atoms with E-state index < -0.39 is 11.5 Å². The quantitative estimate of drug-likeness (QED) is 0.720. The van der Waals surface area contributed by atoms with Crippen LogP contribution in [0.2, 0.25) is 0 Å². The molecular formula is C10H10F2N2O. The molecule has 1 aromatic heterocycles. The number of halogens is 2. The van der Waals surface area contributed by atoms with Crippen molar-refractivity contribution >= 4 is 0 Å². The summed E-state index contributed by atoms with van der Waals surface area (Å²) in [7, 11) is 0. The summed E-state index contributed by atoms with van der Waals surface area (Å²) in [4.78, 5) is 7.71. The summed E-state index contributed by atoms with van der Waals surface area (Å²) in [6.07, 6.45) is 5.67. The maximum atomic E-state index is 12.8. The van der Waals surface area contributed by atoms with Crippen molar-refractivity contribution in [2.75, 3.05) is 0 Å². The molecule has 1 aliphatic rings. The van der Waals surface area contributed by atoms with Crippen molar-refractivity contribution < 1.29 is 13.9 Å². The Hall–Kier alpha value is -1.36. The monoisotopic (exact) mass is 212 g/mol. The molecule has 15 heavy (non-hydrogen) atoms. The number of hydrogen-bond donors (Lipinski definition) is 1. The zero-order valence-electron chi connectivity index (χ0n) is 7.90. The van der Waals surface area contributed by atoms with Crippen LogP contribution in [0.1, 0.15) is 18.5 Å². The van der Waals surface area contributed by atoms with Gasteiger partial charge in [0.1, 0.15) is 5.60 Å². The predicted molar refractivity (Wildman–Crippen MR) is 49.2 cm³/mol. The Morgan fingerprint density at radius 3 is 2.53 bits per heavy atom. The van der Waals surface area contributed by atoms with Gasteiger partial charge in [0.15, 0.2) is 0 Å². The molecule has 0 aromatic carbocycles. The summed E-state index contributed by atoms with van der Waals surface area (Å²) in [5, 5.41) is 10.1. The molecule has 0 saturated heterocycles. The van der Waals surface area contributed by atoms with Crippen LogP contribution in [0.15, 0.2) is 30.7 Å². The highest BCUT2D eigenvalue weighted by atomic mass is 19.3. The summed E-state index contributed by atoms with van der Waals surface area (Å²) >= 11 is 0. The van der Waals surface area contributed by atoms with E-state index in [0.29, 0.717) is 5.69 Å². The second kappa shape index (κ2) is 3.34. The second-order valence-electron chi connectivity index (χ2n) is 3.61. The largest absolute Gasteiger partial charge is 0.379 e. The van der Waals surface area contributed by atoms with Crippen LogP contribution in [0.4, 0.5) is 8.78 Å².